The molecule has 1 amide bonds. The maximum absolute atomic E-state index is 13.5. The van der Waals surface area contributed by atoms with E-state index in [4.69, 9.17) is 9.47 Å². The highest BCUT2D eigenvalue weighted by atomic mass is 16.5. The lowest BCUT2D eigenvalue weighted by atomic mass is 10.1. The van der Waals surface area contributed by atoms with Gasteiger partial charge in [0.25, 0.3) is 11.7 Å². The molecule has 0 saturated carbocycles. The zero-order valence-electron chi connectivity index (χ0n) is 20.9. The number of imidazole rings is 1. The summed E-state index contributed by atoms with van der Waals surface area (Å²) in [6.45, 7) is 2.82. The van der Waals surface area contributed by atoms with Gasteiger partial charge in [-0.25, -0.2) is 24.6 Å². The topological polar surface area (TPSA) is 146 Å². The van der Waals surface area contributed by atoms with Crippen molar-refractivity contribution >= 4 is 22.6 Å². The number of rotatable bonds is 6. The Morgan fingerprint density at radius 2 is 1.87 bits per heavy atom. The number of carbonyl (C=O) groups excluding carboxylic acids is 2. The maximum Gasteiger partial charge on any atom is 0.295 e. The van der Waals surface area contributed by atoms with E-state index < -0.39 is 11.7 Å². The third-order valence-electron chi connectivity index (χ3n) is 6.53. The van der Waals surface area contributed by atoms with E-state index in [2.05, 4.69) is 30.0 Å². The average Bonchev–Trinajstić information content (AvgIpc) is 3.70. The quantitative estimate of drug-likeness (QED) is 0.266. The molecular weight excluding hydrogens is 490 g/mol. The van der Waals surface area contributed by atoms with Crippen molar-refractivity contribution in [1.29, 1.82) is 0 Å². The molecule has 0 atom stereocenters. The number of pyridine rings is 2. The molecule has 6 heterocycles. The molecule has 1 aliphatic rings. The minimum absolute atomic E-state index is 0.196. The van der Waals surface area contributed by atoms with Crippen molar-refractivity contribution in [2.45, 2.75) is 20.0 Å². The molecule has 0 aromatic carbocycles. The van der Waals surface area contributed by atoms with Crippen LogP contribution in [-0.4, -0.2) is 76.6 Å². The van der Waals surface area contributed by atoms with Crippen LogP contribution >= 0.6 is 0 Å². The first kappa shape index (κ1) is 23.3. The van der Waals surface area contributed by atoms with Crippen LogP contribution in [0.2, 0.25) is 0 Å². The van der Waals surface area contributed by atoms with Crippen molar-refractivity contribution < 1.29 is 19.1 Å². The van der Waals surface area contributed by atoms with E-state index in [9.17, 15) is 9.59 Å². The fourth-order valence-electron chi connectivity index (χ4n) is 4.64. The van der Waals surface area contributed by atoms with Crippen molar-refractivity contribution in [2.75, 3.05) is 20.8 Å². The van der Waals surface area contributed by atoms with Crippen molar-refractivity contribution in [3.63, 3.8) is 0 Å². The highest BCUT2D eigenvalue weighted by Crippen LogP contribution is 2.32. The minimum atomic E-state index is -0.652. The van der Waals surface area contributed by atoms with Crippen LogP contribution < -0.4 is 9.47 Å². The molecule has 0 aliphatic carbocycles. The lowest BCUT2D eigenvalue weighted by Crippen LogP contribution is -2.42. The summed E-state index contributed by atoms with van der Waals surface area (Å²) in [7, 11) is 3.05. The van der Waals surface area contributed by atoms with Gasteiger partial charge in [-0.05, 0) is 13.0 Å². The molecule has 6 rings (SSSR count). The number of amides is 1. The van der Waals surface area contributed by atoms with Gasteiger partial charge in [0.1, 0.15) is 23.7 Å². The monoisotopic (exact) mass is 513 g/mol. The van der Waals surface area contributed by atoms with Crippen LogP contribution in [0.5, 0.6) is 11.6 Å². The van der Waals surface area contributed by atoms with Crippen molar-refractivity contribution in [3.05, 3.63) is 60.5 Å². The van der Waals surface area contributed by atoms with Crippen LogP contribution in [0.15, 0.2) is 43.2 Å². The van der Waals surface area contributed by atoms with Crippen LogP contribution in [0, 0.1) is 6.92 Å². The number of aromatic nitrogens is 8. The Balaban J connectivity index is 1.28. The predicted octanol–water partition coefficient (Wildman–Crippen LogP) is 1.95. The smallest absolute Gasteiger partial charge is 0.295 e. The summed E-state index contributed by atoms with van der Waals surface area (Å²) in [4.78, 5) is 48.7. The summed E-state index contributed by atoms with van der Waals surface area (Å²) >= 11 is 0. The Morgan fingerprint density at radius 1 is 1.00 bits per heavy atom. The second-order valence-electron chi connectivity index (χ2n) is 8.70. The molecule has 0 fully saturated rings. The number of aryl methyl sites for hydroxylation is 1. The first-order valence-corrected chi connectivity index (χ1v) is 11.8. The SMILES string of the molecule is COc1ccc(-c2cnc3n2CCN(C(=O)C(=O)c2c[nH]c4c(-n5cnc(C)n5)ncc(OC)c24)C3)cn1. The standard InChI is InChI=1S/C25H23N9O4/c1-14-30-13-34(31-14)24-22-21(18(37-2)11-29-24)16(9-28-22)23(35)25(36)32-6-7-33-17(10-26-19(33)12-32)15-4-5-20(38-3)27-8-15/h4-5,8-11,13,28H,6-7,12H2,1-3H3. The number of aromatic amines is 1. The Labute approximate surface area is 216 Å². The lowest BCUT2D eigenvalue weighted by Gasteiger charge is -2.28. The molecule has 0 saturated heterocycles. The molecule has 0 radical (unpaired) electrons. The van der Waals surface area contributed by atoms with Gasteiger partial charge in [-0.15, -0.1) is 0 Å². The Hall–Kier alpha value is -5.07. The molecule has 0 spiro atoms. The van der Waals surface area contributed by atoms with Gasteiger partial charge in [0.05, 0.1) is 55.3 Å². The van der Waals surface area contributed by atoms with E-state index in [1.54, 1.807) is 32.5 Å². The minimum Gasteiger partial charge on any atom is -0.494 e. The Kier molecular flexibility index (Phi) is 5.59. The van der Waals surface area contributed by atoms with Gasteiger partial charge in [0, 0.05) is 37.1 Å². The van der Waals surface area contributed by atoms with Gasteiger partial charge in [0.15, 0.2) is 5.82 Å². The van der Waals surface area contributed by atoms with Crippen LogP contribution in [0.25, 0.3) is 28.0 Å². The number of hydrogen-bond donors (Lipinski definition) is 1. The average molecular weight is 514 g/mol. The largest absolute Gasteiger partial charge is 0.494 e. The van der Waals surface area contributed by atoms with Crippen LogP contribution in [0.4, 0.5) is 0 Å². The molecule has 1 N–H and O–H groups in total. The van der Waals surface area contributed by atoms with Gasteiger partial charge in [-0.3, -0.25) is 9.59 Å². The third-order valence-corrected chi connectivity index (χ3v) is 6.53. The number of methoxy groups -OCH3 is 2. The van der Waals surface area contributed by atoms with Crippen LogP contribution in [0.3, 0.4) is 0 Å². The van der Waals surface area contributed by atoms with E-state index in [-0.39, 0.29) is 12.1 Å². The normalized spacial score (nSPS) is 13.0. The zero-order chi connectivity index (χ0) is 26.4. The number of ether oxygens (including phenoxy) is 2. The summed E-state index contributed by atoms with van der Waals surface area (Å²) in [5, 5.41) is 4.76. The number of fused-ring (bicyclic) bond motifs is 2. The number of H-pyrrole nitrogens is 1. The van der Waals surface area contributed by atoms with Gasteiger partial charge < -0.3 is 23.9 Å². The number of Topliss-reactive ketones (excluding diaryl/α,β-unsaturated/α-hetero) is 1. The molecule has 1 aliphatic heterocycles. The maximum atomic E-state index is 13.5. The molecule has 13 heteroatoms. The van der Waals surface area contributed by atoms with E-state index in [1.807, 2.05) is 10.6 Å². The van der Waals surface area contributed by atoms with Gasteiger partial charge in [-0.1, -0.05) is 0 Å². The molecule has 192 valence electrons. The van der Waals surface area contributed by atoms with Crippen molar-refractivity contribution in [2.24, 2.45) is 0 Å². The fraction of sp³-hybridized carbons (Fsp3) is 0.240. The Morgan fingerprint density at radius 3 is 2.58 bits per heavy atom. The summed E-state index contributed by atoms with van der Waals surface area (Å²) in [5.74, 6) is 1.32. The van der Waals surface area contributed by atoms with Gasteiger partial charge in [0.2, 0.25) is 5.88 Å². The fourth-order valence-corrected chi connectivity index (χ4v) is 4.64. The third kappa shape index (κ3) is 3.75. The Bertz CT molecular complexity index is 1680. The van der Waals surface area contributed by atoms with Crippen LogP contribution in [-0.2, 0) is 17.9 Å². The van der Waals surface area contributed by atoms with E-state index in [1.165, 1.54) is 35.4 Å². The molecule has 38 heavy (non-hydrogen) atoms. The number of carbonyl (C=O) groups is 2. The van der Waals surface area contributed by atoms with E-state index >= 15 is 0 Å². The lowest BCUT2D eigenvalue weighted by molar-refractivity contribution is -0.127. The first-order valence-electron chi connectivity index (χ1n) is 11.8. The van der Waals surface area contributed by atoms with E-state index in [0.29, 0.717) is 53.1 Å². The molecule has 5 aromatic rings. The molecule has 5 aromatic heterocycles. The highest BCUT2D eigenvalue weighted by Gasteiger charge is 2.31. The summed E-state index contributed by atoms with van der Waals surface area (Å²) < 4.78 is 14.1. The predicted molar refractivity (Wildman–Crippen MR) is 134 cm³/mol. The second kappa shape index (κ2) is 9.10. The molecule has 13 nitrogen and oxygen atoms in total. The van der Waals surface area contributed by atoms with Crippen molar-refractivity contribution in [1.82, 2.24) is 44.2 Å². The zero-order valence-corrected chi connectivity index (χ0v) is 20.9. The summed E-state index contributed by atoms with van der Waals surface area (Å²) in [6.07, 6.45) is 8.00. The number of ketones is 1. The van der Waals surface area contributed by atoms with Crippen LogP contribution in [0.1, 0.15) is 22.0 Å². The number of hydrogen-bond acceptors (Lipinski definition) is 9. The summed E-state index contributed by atoms with van der Waals surface area (Å²) in [5.41, 5.74) is 2.48. The number of nitrogens with one attached hydrogen (secondary N) is 1. The first-order chi connectivity index (χ1) is 18.5. The molecule has 0 bridgehead atoms. The molecule has 0 unspecified atom stereocenters. The molecular formula is C25H23N9O4. The van der Waals surface area contributed by atoms with Crippen molar-refractivity contribution in [3.8, 4) is 28.7 Å². The second-order valence-corrected chi connectivity index (χ2v) is 8.70. The van der Waals surface area contributed by atoms with Gasteiger partial charge in [-0.2, -0.15) is 5.10 Å². The van der Waals surface area contributed by atoms with E-state index in [0.717, 1.165) is 11.3 Å². The highest BCUT2D eigenvalue weighted by molar-refractivity contribution is 6.45. The summed E-state index contributed by atoms with van der Waals surface area (Å²) in [6, 6.07) is 3.69. The van der Waals surface area contributed by atoms with Gasteiger partial charge >= 0.3 is 0 Å². The number of nitrogens with zero attached hydrogens (tertiary/aromatic N) is 8.